The fourth-order valence-corrected chi connectivity index (χ4v) is 2.91. The number of carbonyl (C=O) groups excluding carboxylic acids is 1. The number of β-amino-alcohol motifs (C(OH)–C–C–N with tert-alkyl or cyclic N) is 1. The molecule has 1 saturated heterocycles. The van der Waals surface area contributed by atoms with Crippen molar-refractivity contribution < 1.29 is 19.0 Å². The van der Waals surface area contributed by atoms with E-state index in [2.05, 4.69) is 10.6 Å². The van der Waals surface area contributed by atoms with Crippen molar-refractivity contribution in [2.75, 3.05) is 6.54 Å². The van der Waals surface area contributed by atoms with Crippen LogP contribution in [0.2, 0.25) is 0 Å². The van der Waals surface area contributed by atoms with Gasteiger partial charge in [-0.1, -0.05) is 24.3 Å². The lowest BCUT2D eigenvalue weighted by Gasteiger charge is -2.18. The molecule has 2 aromatic rings. The molecule has 1 amide bonds. The average molecular weight is 395 g/mol. The van der Waals surface area contributed by atoms with Crippen LogP contribution in [0, 0.1) is 5.82 Å². The van der Waals surface area contributed by atoms with Crippen LogP contribution in [-0.2, 0) is 11.4 Å². The van der Waals surface area contributed by atoms with Crippen molar-refractivity contribution in [3.8, 4) is 5.75 Å². The van der Waals surface area contributed by atoms with Crippen molar-refractivity contribution in [1.82, 2.24) is 10.6 Å². The van der Waals surface area contributed by atoms with E-state index in [9.17, 15) is 14.3 Å². The van der Waals surface area contributed by atoms with Gasteiger partial charge >= 0.3 is 0 Å². The SMILES string of the molecule is CC(NC(=O)C1CC(O)CN1)c1ccc(OCc2ccc(F)cc2)cc1.Cl. The number of halogens is 2. The molecule has 27 heavy (non-hydrogen) atoms. The highest BCUT2D eigenvalue weighted by Gasteiger charge is 2.28. The number of hydrogen-bond acceptors (Lipinski definition) is 4. The van der Waals surface area contributed by atoms with Gasteiger partial charge in [0.05, 0.1) is 18.2 Å². The molecule has 146 valence electrons. The van der Waals surface area contributed by atoms with Gasteiger partial charge in [0, 0.05) is 6.54 Å². The first-order valence-electron chi connectivity index (χ1n) is 8.70. The number of amides is 1. The predicted molar refractivity (Wildman–Crippen MR) is 103 cm³/mol. The lowest BCUT2D eigenvalue weighted by Crippen LogP contribution is -2.41. The molecule has 1 aliphatic rings. The standard InChI is InChI=1S/C20H23FN2O3.ClH/c1-13(23-20(25)19-10-17(24)11-22-19)15-4-8-18(9-5-15)26-12-14-2-6-16(21)7-3-14;/h2-9,13,17,19,22,24H,10-12H2,1H3,(H,23,25);1H. The predicted octanol–water partition coefficient (Wildman–Crippen LogP) is 2.73. The molecule has 0 aromatic heterocycles. The van der Waals surface area contributed by atoms with Crippen molar-refractivity contribution >= 4 is 18.3 Å². The van der Waals surface area contributed by atoms with Crippen molar-refractivity contribution in [1.29, 1.82) is 0 Å². The van der Waals surface area contributed by atoms with E-state index in [-0.39, 0.29) is 36.2 Å². The molecular weight excluding hydrogens is 371 g/mol. The van der Waals surface area contributed by atoms with Crippen LogP contribution in [-0.4, -0.2) is 29.7 Å². The molecule has 2 aromatic carbocycles. The average Bonchev–Trinajstić information content (AvgIpc) is 3.08. The Morgan fingerprint density at radius 3 is 2.52 bits per heavy atom. The summed E-state index contributed by atoms with van der Waals surface area (Å²) in [6.07, 6.45) is -0.0204. The molecule has 0 spiro atoms. The number of carbonyl (C=O) groups is 1. The summed E-state index contributed by atoms with van der Waals surface area (Å²) in [5.74, 6) is 0.333. The summed E-state index contributed by atoms with van der Waals surface area (Å²) in [6.45, 7) is 2.73. The number of benzene rings is 2. The van der Waals surface area contributed by atoms with Crippen molar-refractivity contribution in [2.45, 2.75) is 38.1 Å². The Morgan fingerprint density at radius 2 is 1.93 bits per heavy atom. The number of rotatable bonds is 6. The van der Waals surface area contributed by atoms with Crippen LogP contribution in [0.25, 0.3) is 0 Å². The van der Waals surface area contributed by atoms with Crippen LogP contribution in [0.3, 0.4) is 0 Å². The number of aliphatic hydroxyl groups is 1. The molecule has 1 heterocycles. The zero-order valence-electron chi connectivity index (χ0n) is 15.0. The maximum Gasteiger partial charge on any atom is 0.237 e. The maximum atomic E-state index is 12.9. The van der Waals surface area contributed by atoms with Gasteiger partial charge in [0.25, 0.3) is 0 Å². The molecule has 7 heteroatoms. The number of ether oxygens (including phenoxy) is 1. The highest BCUT2D eigenvalue weighted by molar-refractivity contribution is 5.85. The van der Waals surface area contributed by atoms with E-state index < -0.39 is 6.10 Å². The van der Waals surface area contributed by atoms with E-state index in [0.717, 1.165) is 11.1 Å². The smallest absolute Gasteiger partial charge is 0.237 e. The zero-order valence-corrected chi connectivity index (χ0v) is 15.8. The van der Waals surface area contributed by atoms with Gasteiger partial charge < -0.3 is 20.5 Å². The summed E-state index contributed by atoms with van der Waals surface area (Å²) in [6, 6.07) is 13.2. The summed E-state index contributed by atoms with van der Waals surface area (Å²) in [7, 11) is 0. The second-order valence-electron chi connectivity index (χ2n) is 6.56. The first-order chi connectivity index (χ1) is 12.5. The molecule has 0 bridgehead atoms. The first kappa shape index (κ1) is 21.2. The van der Waals surface area contributed by atoms with Gasteiger partial charge in [-0.25, -0.2) is 4.39 Å². The molecule has 3 atom stereocenters. The van der Waals surface area contributed by atoms with Crippen LogP contribution in [0.5, 0.6) is 5.75 Å². The summed E-state index contributed by atoms with van der Waals surface area (Å²) in [4.78, 5) is 12.2. The van der Waals surface area contributed by atoms with Gasteiger partial charge in [0.15, 0.2) is 0 Å². The van der Waals surface area contributed by atoms with Crippen molar-refractivity contribution in [2.24, 2.45) is 0 Å². The molecule has 0 radical (unpaired) electrons. The second-order valence-corrected chi connectivity index (χ2v) is 6.56. The molecule has 3 rings (SSSR count). The lowest BCUT2D eigenvalue weighted by atomic mass is 10.1. The quantitative estimate of drug-likeness (QED) is 0.704. The van der Waals surface area contributed by atoms with Gasteiger partial charge in [-0.05, 0) is 48.7 Å². The van der Waals surface area contributed by atoms with Gasteiger partial charge in [-0.15, -0.1) is 12.4 Å². The normalized spacial score (nSPS) is 19.8. The summed E-state index contributed by atoms with van der Waals surface area (Å²) >= 11 is 0. The van der Waals surface area contributed by atoms with Gasteiger partial charge in [0.1, 0.15) is 18.2 Å². The Bertz CT molecular complexity index is 740. The fourth-order valence-electron chi connectivity index (χ4n) is 2.91. The Hall–Kier alpha value is -2.15. The Balaban J connectivity index is 0.00000261. The van der Waals surface area contributed by atoms with Crippen molar-refractivity contribution in [3.05, 3.63) is 65.5 Å². The molecule has 0 saturated carbocycles. The Kier molecular flexibility index (Phi) is 7.59. The molecular formula is C20H24ClFN2O3. The van der Waals surface area contributed by atoms with Crippen LogP contribution in [0.4, 0.5) is 4.39 Å². The minimum absolute atomic E-state index is 0. The third-order valence-electron chi connectivity index (χ3n) is 4.48. The molecule has 1 aliphatic heterocycles. The van der Waals surface area contributed by atoms with E-state index in [1.54, 1.807) is 12.1 Å². The molecule has 5 nitrogen and oxygen atoms in total. The molecule has 0 aliphatic carbocycles. The Morgan fingerprint density at radius 1 is 1.26 bits per heavy atom. The van der Waals surface area contributed by atoms with E-state index in [1.807, 2.05) is 31.2 Å². The van der Waals surface area contributed by atoms with Crippen LogP contribution in [0.15, 0.2) is 48.5 Å². The molecule has 3 N–H and O–H groups in total. The topological polar surface area (TPSA) is 70.6 Å². The van der Waals surface area contributed by atoms with Gasteiger partial charge in [0.2, 0.25) is 5.91 Å². The van der Waals surface area contributed by atoms with Crippen LogP contribution < -0.4 is 15.4 Å². The van der Waals surface area contributed by atoms with E-state index in [1.165, 1.54) is 12.1 Å². The fraction of sp³-hybridized carbons (Fsp3) is 0.350. The minimum Gasteiger partial charge on any atom is -0.489 e. The molecule has 3 unspecified atom stereocenters. The minimum atomic E-state index is -0.460. The third kappa shape index (κ3) is 5.92. The second kappa shape index (κ2) is 9.69. The first-order valence-corrected chi connectivity index (χ1v) is 8.70. The summed E-state index contributed by atoms with van der Waals surface area (Å²) < 4.78 is 18.6. The lowest BCUT2D eigenvalue weighted by molar-refractivity contribution is -0.123. The molecule has 1 fully saturated rings. The highest BCUT2D eigenvalue weighted by Crippen LogP contribution is 2.19. The van der Waals surface area contributed by atoms with E-state index in [0.29, 0.717) is 25.3 Å². The van der Waals surface area contributed by atoms with Crippen molar-refractivity contribution in [3.63, 3.8) is 0 Å². The zero-order chi connectivity index (χ0) is 18.5. The maximum absolute atomic E-state index is 12.9. The van der Waals surface area contributed by atoms with E-state index >= 15 is 0 Å². The van der Waals surface area contributed by atoms with E-state index in [4.69, 9.17) is 4.74 Å². The van der Waals surface area contributed by atoms with Gasteiger partial charge in [-0.3, -0.25) is 4.79 Å². The highest BCUT2D eigenvalue weighted by atomic mass is 35.5. The number of hydrogen-bond donors (Lipinski definition) is 3. The van der Waals surface area contributed by atoms with Crippen LogP contribution >= 0.6 is 12.4 Å². The summed E-state index contributed by atoms with van der Waals surface area (Å²) in [5.41, 5.74) is 1.85. The number of aliphatic hydroxyl groups excluding tert-OH is 1. The summed E-state index contributed by atoms with van der Waals surface area (Å²) in [5, 5.41) is 15.5. The largest absolute Gasteiger partial charge is 0.489 e. The van der Waals surface area contributed by atoms with Crippen LogP contribution in [0.1, 0.15) is 30.5 Å². The monoisotopic (exact) mass is 394 g/mol. The third-order valence-corrected chi connectivity index (χ3v) is 4.48. The number of nitrogens with one attached hydrogen (secondary N) is 2. The Labute approximate surface area is 164 Å². The van der Waals surface area contributed by atoms with Gasteiger partial charge in [-0.2, -0.15) is 0 Å².